The molecule has 24 heavy (non-hydrogen) atoms. The molecule has 0 amide bonds. The molecule has 2 heterocycles. The largest absolute Gasteiger partial charge is 0.417 e. The lowest BCUT2D eigenvalue weighted by molar-refractivity contribution is -0.137. The van der Waals surface area contributed by atoms with Crippen molar-refractivity contribution in [2.24, 2.45) is 0 Å². The highest BCUT2D eigenvalue weighted by atomic mass is 35.5. The second-order valence-electron chi connectivity index (χ2n) is 5.03. The molecule has 3 aromatic rings. The Labute approximate surface area is 140 Å². The summed E-state index contributed by atoms with van der Waals surface area (Å²) in [7, 11) is 0. The third-order valence-corrected chi connectivity index (χ3v) is 3.57. The zero-order valence-electron chi connectivity index (χ0n) is 12.3. The van der Waals surface area contributed by atoms with Gasteiger partial charge in [-0.3, -0.25) is 0 Å². The van der Waals surface area contributed by atoms with Gasteiger partial charge in [0.05, 0.1) is 22.5 Å². The average Bonchev–Trinajstić information content (AvgIpc) is 3.02. The van der Waals surface area contributed by atoms with E-state index in [-0.39, 0.29) is 10.8 Å². The second-order valence-corrected chi connectivity index (χ2v) is 5.44. The van der Waals surface area contributed by atoms with E-state index in [0.717, 1.165) is 23.5 Å². The second kappa shape index (κ2) is 6.52. The topological polar surface area (TPSA) is 42.7 Å². The number of nitrogens with zero attached hydrogens (tertiary/aromatic N) is 3. The van der Waals surface area contributed by atoms with Crippen molar-refractivity contribution in [3.63, 3.8) is 0 Å². The highest BCUT2D eigenvalue weighted by Gasteiger charge is 2.31. The van der Waals surface area contributed by atoms with E-state index in [4.69, 9.17) is 11.6 Å². The quantitative estimate of drug-likeness (QED) is 0.749. The van der Waals surface area contributed by atoms with E-state index in [1.54, 1.807) is 10.9 Å². The minimum Gasteiger partial charge on any atom is -0.365 e. The maximum atomic E-state index is 12.6. The van der Waals surface area contributed by atoms with Crippen LogP contribution in [0.3, 0.4) is 0 Å². The van der Waals surface area contributed by atoms with Gasteiger partial charge in [-0.15, -0.1) is 0 Å². The van der Waals surface area contributed by atoms with E-state index in [9.17, 15) is 13.2 Å². The van der Waals surface area contributed by atoms with Gasteiger partial charge in [-0.25, -0.2) is 9.67 Å². The van der Waals surface area contributed by atoms with Gasteiger partial charge in [0.15, 0.2) is 0 Å². The molecule has 2 aromatic heterocycles. The normalized spacial score (nSPS) is 11.5. The van der Waals surface area contributed by atoms with Crippen molar-refractivity contribution in [1.82, 2.24) is 14.8 Å². The van der Waals surface area contributed by atoms with Crippen LogP contribution in [-0.2, 0) is 12.7 Å². The van der Waals surface area contributed by atoms with E-state index in [1.807, 2.05) is 36.5 Å². The highest BCUT2D eigenvalue weighted by molar-refractivity contribution is 6.32. The first-order valence-corrected chi connectivity index (χ1v) is 7.37. The van der Waals surface area contributed by atoms with Crippen LogP contribution in [-0.4, -0.2) is 14.8 Å². The van der Waals surface area contributed by atoms with Crippen LogP contribution in [0.5, 0.6) is 0 Å². The molecule has 0 bridgehead atoms. The van der Waals surface area contributed by atoms with Crippen LogP contribution in [0, 0.1) is 0 Å². The number of halogens is 4. The Kier molecular flexibility index (Phi) is 4.44. The Morgan fingerprint density at radius 3 is 2.54 bits per heavy atom. The first-order chi connectivity index (χ1) is 11.4. The summed E-state index contributed by atoms with van der Waals surface area (Å²) in [5, 5.41) is 7.07. The van der Waals surface area contributed by atoms with Crippen molar-refractivity contribution >= 4 is 17.4 Å². The Morgan fingerprint density at radius 1 is 1.12 bits per heavy atom. The van der Waals surface area contributed by atoms with Crippen molar-refractivity contribution < 1.29 is 13.2 Å². The summed E-state index contributed by atoms with van der Waals surface area (Å²) in [4.78, 5) is 3.73. The molecule has 0 aliphatic rings. The summed E-state index contributed by atoms with van der Waals surface area (Å²) < 4.78 is 39.5. The fraction of sp³-hybridized carbons (Fsp3) is 0.125. The molecule has 4 nitrogen and oxygen atoms in total. The lowest BCUT2D eigenvalue weighted by Gasteiger charge is -2.10. The van der Waals surface area contributed by atoms with Crippen LogP contribution in [0.2, 0.25) is 5.02 Å². The predicted molar refractivity (Wildman–Crippen MR) is 85.1 cm³/mol. The molecule has 3 rings (SSSR count). The van der Waals surface area contributed by atoms with Gasteiger partial charge in [0.25, 0.3) is 0 Å². The summed E-state index contributed by atoms with van der Waals surface area (Å²) in [5.41, 5.74) is 0.876. The summed E-state index contributed by atoms with van der Waals surface area (Å²) in [6, 6.07) is 10.4. The first kappa shape index (κ1) is 16.3. The standard InChI is InChI=1S/C16H12ClF3N4/c17-14-6-12(16(18,19)20)9-22-15(14)21-7-11-8-23-24(10-11)13-4-2-1-3-5-13/h1-6,8-10H,7H2,(H,21,22). The molecule has 1 aromatic carbocycles. The number of anilines is 1. The van der Waals surface area contributed by atoms with Crippen molar-refractivity contribution in [2.75, 3.05) is 5.32 Å². The number of alkyl halides is 3. The van der Waals surface area contributed by atoms with E-state index in [2.05, 4.69) is 15.4 Å². The number of pyridine rings is 1. The molecule has 0 atom stereocenters. The monoisotopic (exact) mass is 352 g/mol. The van der Waals surface area contributed by atoms with Gasteiger partial charge in [0, 0.05) is 24.5 Å². The first-order valence-electron chi connectivity index (χ1n) is 6.99. The SMILES string of the molecule is FC(F)(F)c1cnc(NCc2cnn(-c3ccccc3)c2)c(Cl)c1. The lowest BCUT2D eigenvalue weighted by atomic mass is 10.2. The molecule has 0 saturated carbocycles. The van der Waals surface area contributed by atoms with Crippen LogP contribution in [0.15, 0.2) is 55.0 Å². The van der Waals surface area contributed by atoms with Crippen LogP contribution >= 0.6 is 11.6 Å². The fourth-order valence-electron chi connectivity index (χ4n) is 2.08. The molecular formula is C16H12ClF3N4. The minimum atomic E-state index is -4.47. The number of para-hydroxylation sites is 1. The highest BCUT2D eigenvalue weighted by Crippen LogP contribution is 2.32. The zero-order valence-corrected chi connectivity index (χ0v) is 13.0. The molecule has 0 aliphatic heterocycles. The van der Waals surface area contributed by atoms with Crippen molar-refractivity contribution in [3.8, 4) is 5.69 Å². The van der Waals surface area contributed by atoms with Crippen LogP contribution < -0.4 is 5.32 Å². The fourth-order valence-corrected chi connectivity index (χ4v) is 2.32. The molecular weight excluding hydrogens is 341 g/mol. The van der Waals surface area contributed by atoms with E-state index >= 15 is 0 Å². The zero-order chi connectivity index (χ0) is 17.2. The van der Waals surface area contributed by atoms with Crippen LogP contribution in [0.1, 0.15) is 11.1 Å². The predicted octanol–water partition coefficient (Wildman–Crippen LogP) is 4.55. The van der Waals surface area contributed by atoms with Gasteiger partial charge < -0.3 is 5.32 Å². The molecule has 0 spiro atoms. The third kappa shape index (κ3) is 3.68. The molecule has 1 N–H and O–H groups in total. The number of rotatable bonds is 4. The smallest absolute Gasteiger partial charge is 0.365 e. The molecule has 0 aliphatic carbocycles. The van der Waals surface area contributed by atoms with Gasteiger partial charge >= 0.3 is 6.18 Å². The molecule has 0 fully saturated rings. The van der Waals surface area contributed by atoms with Gasteiger partial charge in [-0.1, -0.05) is 29.8 Å². The Morgan fingerprint density at radius 2 is 1.88 bits per heavy atom. The molecule has 0 unspecified atom stereocenters. The maximum absolute atomic E-state index is 12.6. The molecule has 8 heteroatoms. The summed E-state index contributed by atoms with van der Waals surface area (Å²) in [6.07, 6.45) is -0.230. The average molecular weight is 353 g/mol. The number of benzene rings is 1. The van der Waals surface area contributed by atoms with Gasteiger partial charge in [0.2, 0.25) is 0 Å². The van der Waals surface area contributed by atoms with E-state index in [0.29, 0.717) is 6.54 Å². The third-order valence-electron chi connectivity index (χ3n) is 3.29. The van der Waals surface area contributed by atoms with Crippen LogP contribution in [0.4, 0.5) is 19.0 Å². The molecule has 0 radical (unpaired) electrons. The van der Waals surface area contributed by atoms with Crippen molar-refractivity contribution in [1.29, 1.82) is 0 Å². The van der Waals surface area contributed by atoms with E-state index < -0.39 is 11.7 Å². The Balaban J connectivity index is 1.69. The Hall–Kier alpha value is -2.54. The Bertz CT molecular complexity index is 831. The van der Waals surface area contributed by atoms with Gasteiger partial charge in [0.1, 0.15) is 5.82 Å². The number of hydrogen-bond acceptors (Lipinski definition) is 3. The van der Waals surface area contributed by atoms with Crippen LogP contribution in [0.25, 0.3) is 5.69 Å². The summed E-state index contributed by atoms with van der Waals surface area (Å²) in [5.74, 6) is 0.192. The van der Waals surface area contributed by atoms with Gasteiger partial charge in [-0.05, 0) is 18.2 Å². The van der Waals surface area contributed by atoms with Crippen molar-refractivity contribution in [2.45, 2.75) is 12.7 Å². The lowest BCUT2D eigenvalue weighted by Crippen LogP contribution is -2.07. The van der Waals surface area contributed by atoms with Gasteiger partial charge in [-0.2, -0.15) is 18.3 Å². The number of nitrogens with one attached hydrogen (secondary N) is 1. The molecule has 0 saturated heterocycles. The summed E-state index contributed by atoms with van der Waals surface area (Å²) in [6.45, 7) is 0.338. The number of hydrogen-bond donors (Lipinski definition) is 1. The van der Waals surface area contributed by atoms with Crippen molar-refractivity contribution in [3.05, 3.63) is 71.1 Å². The van der Waals surface area contributed by atoms with E-state index in [1.165, 1.54) is 0 Å². The number of aromatic nitrogens is 3. The maximum Gasteiger partial charge on any atom is 0.417 e. The minimum absolute atomic E-state index is 0.0831. The summed E-state index contributed by atoms with van der Waals surface area (Å²) >= 11 is 5.86. The molecule has 124 valence electrons.